The lowest BCUT2D eigenvalue weighted by molar-refractivity contribution is -0.156. The highest BCUT2D eigenvalue weighted by molar-refractivity contribution is 9.09. The highest BCUT2D eigenvalue weighted by Crippen LogP contribution is 2.60. The van der Waals surface area contributed by atoms with Crippen LogP contribution in [0.15, 0.2) is 43.0 Å². The van der Waals surface area contributed by atoms with E-state index in [9.17, 15) is 19.5 Å². The van der Waals surface area contributed by atoms with E-state index in [0.29, 0.717) is 19.4 Å². The number of alkyl halides is 1. The summed E-state index contributed by atoms with van der Waals surface area (Å²) >= 11 is 3.65. The third-order valence-corrected chi connectivity index (χ3v) is 8.52. The van der Waals surface area contributed by atoms with E-state index in [-0.39, 0.29) is 35.9 Å². The smallest absolute Gasteiger partial charge is 0.312 e. The largest absolute Gasteiger partial charge is 0.466 e. The lowest BCUT2D eigenvalue weighted by atomic mass is 9.70. The molecule has 4 rings (SSSR count). The SMILES string of the molecule is C=CCN(C(=O)[C@H]1N([C@@H](CO)Cc2ccccc2)C(=O)[C@@H]2[C@@H](C(=O)OCC)[C@@H]3O[C@@]21CC3Br)C(C)C. The minimum Gasteiger partial charge on any atom is -0.466 e. The van der Waals surface area contributed by atoms with Crippen LogP contribution in [0.3, 0.4) is 0 Å². The second-order valence-electron chi connectivity index (χ2n) is 10.1. The Morgan fingerprint density at radius 3 is 2.64 bits per heavy atom. The van der Waals surface area contributed by atoms with Gasteiger partial charge in [-0.3, -0.25) is 14.4 Å². The first-order valence-electron chi connectivity index (χ1n) is 12.6. The molecule has 0 saturated carbocycles. The zero-order chi connectivity index (χ0) is 26.2. The van der Waals surface area contributed by atoms with Gasteiger partial charge in [0.15, 0.2) is 0 Å². The van der Waals surface area contributed by atoms with Crippen LogP contribution < -0.4 is 0 Å². The molecular weight excluding hydrogens is 528 g/mol. The number of aliphatic hydroxyl groups is 1. The van der Waals surface area contributed by atoms with Gasteiger partial charge in [-0.25, -0.2) is 0 Å². The van der Waals surface area contributed by atoms with Crippen LogP contribution in [-0.4, -0.2) is 87.1 Å². The molecule has 3 aliphatic heterocycles. The van der Waals surface area contributed by atoms with Gasteiger partial charge in [0.1, 0.15) is 11.6 Å². The van der Waals surface area contributed by atoms with E-state index in [1.807, 2.05) is 44.2 Å². The van der Waals surface area contributed by atoms with Crippen molar-refractivity contribution in [2.75, 3.05) is 19.8 Å². The third kappa shape index (κ3) is 4.29. The van der Waals surface area contributed by atoms with E-state index in [1.54, 1.807) is 17.9 Å². The molecule has 36 heavy (non-hydrogen) atoms. The number of esters is 1. The van der Waals surface area contributed by atoms with Crippen LogP contribution in [0.2, 0.25) is 0 Å². The molecule has 1 spiro atoms. The van der Waals surface area contributed by atoms with Gasteiger partial charge in [-0.15, -0.1) is 6.58 Å². The molecule has 1 unspecified atom stereocenters. The summed E-state index contributed by atoms with van der Waals surface area (Å²) < 4.78 is 11.8. The molecule has 196 valence electrons. The summed E-state index contributed by atoms with van der Waals surface area (Å²) in [5.41, 5.74) is -0.259. The van der Waals surface area contributed by atoms with Crippen molar-refractivity contribution < 1.29 is 29.0 Å². The van der Waals surface area contributed by atoms with E-state index < -0.39 is 41.6 Å². The van der Waals surface area contributed by atoms with Gasteiger partial charge in [0.05, 0.1) is 37.2 Å². The molecule has 3 fully saturated rings. The highest BCUT2D eigenvalue weighted by atomic mass is 79.9. The Morgan fingerprint density at radius 1 is 1.36 bits per heavy atom. The Morgan fingerprint density at radius 2 is 2.06 bits per heavy atom. The van der Waals surface area contributed by atoms with Crippen LogP contribution in [0.4, 0.5) is 0 Å². The fourth-order valence-electron chi connectivity index (χ4n) is 6.24. The van der Waals surface area contributed by atoms with Crippen LogP contribution in [0.1, 0.15) is 32.8 Å². The predicted octanol–water partition coefficient (Wildman–Crippen LogP) is 2.32. The van der Waals surface area contributed by atoms with Gasteiger partial charge in [-0.05, 0) is 39.2 Å². The number of amides is 2. The predicted molar refractivity (Wildman–Crippen MR) is 137 cm³/mol. The van der Waals surface area contributed by atoms with Crippen LogP contribution in [0.25, 0.3) is 0 Å². The summed E-state index contributed by atoms with van der Waals surface area (Å²) in [5.74, 6) is -2.77. The third-order valence-electron chi connectivity index (χ3n) is 7.67. The number of aliphatic hydroxyl groups excluding tert-OH is 1. The van der Waals surface area contributed by atoms with Crippen molar-refractivity contribution in [3.05, 3.63) is 48.6 Å². The zero-order valence-corrected chi connectivity index (χ0v) is 22.6. The fraction of sp³-hybridized carbons (Fsp3) is 0.593. The van der Waals surface area contributed by atoms with E-state index >= 15 is 0 Å². The average molecular weight is 563 g/mol. The first-order chi connectivity index (χ1) is 17.2. The number of hydrogen-bond donors (Lipinski definition) is 1. The molecule has 3 saturated heterocycles. The molecule has 3 heterocycles. The molecule has 0 aliphatic carbocycles. The van der Waals surface area contributed by atoms with Crippen molar-refractivity contribution in [2.45, 2.75) is 68.3 Å². The van der Waals surface area contributed by atoms with Gasteiger partial charge in [0, 0.05) is 17.4 Å². The number of benzene rings is 1. The van der Waals surface area contributed by atoms with Crippen LogP contribution in [0.5, 0.6) is 0 Å². The maximum Gasteiger partial charge on any atom is 0.312 e. The van der Waals surface area contributed by atoms with E-state index in [0.717, 1.165) is 5.56 Å². The molecule has 8 nitrogen and oxygen atoms in total. The quantitative estimate of drug-likeness (QED) is 0.267. The average Bonchev–Trinajstić information content (AvgIpc) is 3.44. The minimum atomic E-state index is -1.19. The van der Waals surface area contributed by atoms with Crippen LogP contribution >= 0.6 is 15.9 Å². The van der Waals surface area contributed by atoms with Gasteiger partial charge in [0.2, 0.25) is 11.8 Å². The molecule has 0 aromatic heterocycles. The number of likely N-dealkylation sites (tertiary alicyclic amines) is 1. The Kier molecular flexibility index (Phi) is 7.92. The van der Waals surface area contributed by atoms with Gasteiger partial charge in [-0.2, -0.15) is 0 Å². The number of halogens is 1. The van der Waals surface area contributed by atoms with Gasteiger partial charge >= 0.3 is 5.97 Å². The summed E-state index contributed by atoms with van der Waals surface area (Å²) in [5, 5.41) is 10.5. The molecular formula is C27H35BrN2O6. The van der Waals surface area contributed by atoms with Crippen LogP contribution in [-0.2, 0) is 30.3 Å². The van der Waals surface area contributed by atoms with Crippen LogP contribution in [0, 0.1) is 11.8 Å². The number of hydrogen-bond acceptors (Lipinski definition) is 6. The summed E-state index contributed by atoms with van der Waals surface area (Å²) in [4.78, 5) is 44.4. The summed E-state index contributed by atoms with van der Waals surface area (Å²) in [6, 6.07) is 7.75. The second kappa shape index (κ2) is 10.6. The molecule has 9 heteroatoms. The molecule has 1 aromatic carbocycles. The Balaban J connectivity index is 1.82. The van der Waals surface area contributed by atoms with E-state index in [4.69, 9.17) is 9.47 Å². The molecule has 1 N–H and O–H groups in total. The van der Waals surface area contributed by atoms with E-state index in [1.165, 1.54) is 4.90 Å². The summed E-state index contributed by atoms with van der Waals surface area (Å²) in [6.45, 7) is 9.50. The molecule has 1 aromatic rings. The van der Waals surface area contributed by atoms with Crippen molar-refractivity contribution in [3.63, 3.8) is 0 Å². The van der Waals surface area contributed by atoms with Crippen molar-refractivity contribution in [2.24, 2.45) is 11.8 Å². The van der Waals surface area contributed by atoms with Gasteiger partial charge < -0.3 is 24.4 Å². The van der Waals surface area contributed by atoms with Gasteiger partial charge in [0.25, 0.3) is 0 Å². The highest BCUT2D eigenvalue weighted by Gasteiger charge is 2.77. The minimum absolute atomic E-state index is 0.149. The molecule has 3 aliphatic rings. The van der Waals surface area contributed by atoms with E-state index in [2.05, 4.69) is 22.5 Å². The summed E-state index contributed by atoms with van der Waals surface area (Å²) in [6.07, 6.45) is 1.86. The van der Waals surface area contributed by atoms with Gasteiger partial charge in [-0.1, -0.05) is 52.3 Å². The fourth-order valence-corrected chi connectivity index (χ4v) is 7.18. The number of fused-ring (bicyclic) bond motifs is 1. The Bertz CT molecular complexity index is 1000. The molecule has 7 atom stereocenters. The first kappa shape index (κ1) is 26.8. The number of nitrogens with zero attached hydrogens (tertiary/aromatic N) is 2. The summed E-state index contributed by atoms with van der Waals surface area (Å²) in [7, 11) is 0. The van der Waals surface area contributed by atoms with Crippen molar-refractivity contribution in [1.29, 1.82) is 0 Å². The molecule has 2 amide bonds. The number of carbonyl (C=O) groups is 3. The maximum absolute atomic E-state index is 14.2. The lowest BCUT2D eigenvalue weighted by Crippen LogP contribution is -2.60. The second-order valence-corrected chi connectivity index (χ2v) is 11.2. The standard InChI is InChI=1S/C27H35BrN2O6/c1-5-12-29(16(3)4)25(33)23-27-14-19(28)22(36-27)20(26(34)35-6-2)21(27)24(32)30(23)18(15-31)13-17-10-8-7-9-11-17/h5,7-11,16,18-23,31H,1,6,12-15H2,2-4H3/t18-,19?,20-,21+,22-,23-,27+/m1/s1. The first-order valence-corrected chi connectivity index (χ1v) is 13.5. The zero-order valence-electron chi connectivity index (χ0n) is 21.0. The van der Waals surface area contributed by atoms with Crippen molar-refractivity contribution in [1.82, 2.24) is 9.80 Å². The normalized spacial score (nSPS) is 31.4. The number of carbonyl (C=O) groups excluding carboxylic acids is 3. The topological polar surface area (TPSA) is 96.4 Å². The maximum atomic E-state index is 14.2. The number of rotatable bonds is 10. The Labute approximate surface area is 220 Å². The van der Waals surface area contributed by atoms with Crippen molar-refractivity contribution >= 4 is 33.7 Å². The number of ether oxygens (including phenoxy) is 2. The monoisotopic (exact) mass is 562 g/mol. The lowest BCUT2D eigenvalue weighted by Gasteiger charge is -2.40. The van der Waals surface area contributed by atoms with Crippen molar-refractivity contribution in [3.8, 4) is 0 Å². The molecule has 0 radical (unpaired) electrons. The molecule has 2 bridgehead atoms. The Hall–Kier alpha value is -2.23.